The Morgan fingerprint density at radius 3 is 2.21 bits per heavy atom. The molecule has 0 aliphatic heterocycles. The van der Waals surface area contributed by atoms with E-state index in [1.807, 2.05) is 0 Å². The summed E-state index contributed by atoms with van der Waals surface area (Å²) in [5, 5.41) is 0. The first-order valence-corrected chi connectivity index (χ1v) is 7.35. The molecule has 14 heavy (non-hydrogen) atoms. The number of hydrogen-bond donors (Lipinski definition) is 0. The van der Waals surface area contributed by atoms with Gasteiger partial charge in [-0.25, -0.2) is 0 Å². The van der Waals surface area contributed by atoms with Crippen LogP contribution in [0.4, 0.5) is 0 Å². The zero-order valence-corrected chi connectivity index (χ0v) is 11.0. The highest BCUT2D eigenvalue weighted by Gasteiger charge is 2.32. The molecule has 0 amide bonds. The third kappa shape index (κ3) is 4.22. The lowest BCUT2D eigenvalue weighted by molar-refractivity contribution is 0.226. The Morgan fingerprint density at radius 2 is 1.71 bits per heavy atom. The normalized spacial score (nSPS) is 22.3. The van der Waals surface area contributed by atoms with Gasteiger partial charge < -0.3 is 0 Å². The summed E-state index contributed by atoms with van der Waals surface area (Å²) < 4.78 is 6.29. The molecule has 0 saturated heterocycles. The van der Waals surface area contributed by atoms with Crippen LogP contribution in [-0.4, -0.2) is 17.6 Å². The molecule has 1 atom stereocenters. The van der Waals surface area contributed by atoms with E-state index in [1.54, 1.807) is 0 Å². The Bertz CT molecular complexity index is 156. The van der Waals surface area contributed by atoms with Crippen LogP contribution in [-0.2, 0) is 15.4 Å². The second-order valence-corrected chi connectivity index (χ2v) is 7.72. The predicted octanol–water partition coefficient (Wildman–Crippen LogP) is 3.54. The van der Waals surface area contributed by atoms with E-state index < -0.39 is 0 Å². The first kappa shape index (κ1) is 12.4. The SMILES string of the molecule is C[S+](OCC1CCCCC1)C(C)(C)C. The molecule has 0 N–H and O–H groups in total. The molecule has 0 aromatic rings. The van der Waals surface area contributed by atoms with E-state index in [1.165, 1.54) is 32.1 Å². The van der Waals surface area contributed by atoms with Crippen molar-refractivity contribution in [3.05, 3.63) is 0 Å². The van der Waals surface area contributed by atoms with Crippen LogP contribution in [0.5, 0.6) is 0 Å². The zero-order chi connectivity index (χ0) is 10.6. The number of rotatable bonds is 3. The van der Waals surface area contributed by atoms with Gasteiger partial charge in [0.2, 0.25) is 0 Å². The monoisotopic (exact) mass is 217 g/mol. The number of hydrogen-bond acceptors (Lipinski definition) is 1. The van der Waals surface area contributed by atoms with E-state index in [0.717, 1.165) is 12.5 Å². The summed E-state index contributed by atoms with van der Waals surface area (Å²) in [7, 11) is 0. The van der Waals surface area contributed by atoms with Gasteiger partial charge >= 0.3 is 0 Å². The molecule has 0 bridgehead atoms. The van der Waals surface area contributed by atoms with Crippen molar-refractivity contribution in [3.8, 4) is 0 Å². The van der Waals surface area contributed by atoms with Crippen molar-refractivity contribution in [2.24, 2.45) is 5.92 Å². The van der Waals surface area contributed by atoms with Crippen molar-refractivity contribution >= 4 is 11.2 Å². The molecule has 1 unspecified atom stereocenters. The molecule has 0 aromatic carbocycles. The highest BCUT2D eigenvalue weighted by atomic mass is 32.2. The first-order chi connectivity index (χ1) is 6.50. The molecule has 0 spiro atoms. The van der Waals surface area contributed by atoms with Gasteiger partial charge in [0, 0.05) is 0 Å². The van der Waals surface area contributed by atoms with E-state index in [-0.39, 0.29) is 11.2 Å². The molecule has 1 saturated carbocycles. The summed E-state index contributed by atoms with van der Waals surface area (Å²) in [5.41, 5.74) is 0. The van der Waals surface area contributed by atoms with Gasteiger partial charge in [-0.15, -0.1) is 0 Å². The summed E-state index contributed by atoms with van der Waals surface area (Å²) in [6.45, 7) is 7.78. The molecule has 84 valence electrons. The Kier molecular flexibility index (Phi) is 4.78. The van der Waals surface area contributed by atoms with Crippen molar-refractivity contribution in [2.45, 2.75) is 57.6 Å². The van der Waals surface area contributed by atoms with Crippen LogP contribution < -0.4 is 0 Å². The maximum atomic E-state index is 5.97. The molecule has 0 aromatic heterocycles. The molecular formula is C12H25OS+. The van der Waals surface area contributed by atoms with Crippen molar-refractivity contribution < 1.29 is 4.18 Å². The quantitative estimate of drug-likeness (QED) is 0.657. The average Bonchev–Trinajstić information content (AvgIpc) is 2.14. The zero-order valence-electron chi connectivity index (χ0n) is 10.1. The Morgan fingerprint density at radius 1 is 1.14 bits per heavy atom. The topological polar surface area (TPSA) is 9.23 Å². The molecule has 1 aliphatic rings. The lowest BCUT2D eigenvalue weighted by atomic mass is 9.90. The molecule has 0 heterocycles. The fraction of sp³-hybridized carbons (Fsp3) is 1.00. The van der Waals surface area contributed by atoms with Crippen LogP contribution in [0.2, 0.25) is 0 Å². The minimum absolute atomic E-state index is 0.111. The van der Waals surface area contributed by atoms with E-state index in [9.17, 15) is 0 Å². The first-order valence-electron chi connectivity index (χ1n) is 5.79. The van der Waals surface area contributed by atoms with Crippen LogP contribution in [0.1, 0.15) is 52.9 Å². The maximum absolute atomic E-state index is 5.97. The van der Waals surface area contributed by atoms with Gasteiger partial charge in [-0.3, -0.25) is 0 Å². The van der Waals surface area contributed by atoms with Gasteiger partial charge in [-0.1, -0.05) is 19.3 Å². The van der Waals surface area contributed by atoms with Crippen LogP contribution >= 0.6 is 0 Å². The lowest BCUT2D eigenvalue weighted by Gasteiger charge is -2.22. The molecule has 1 nitrogen and oxygen atoms in total. The largest absolute Gasteiger partial charge is 0.173 e. The summed E-state index contributed by atoms with van der Waals surface area (Å²) in [6.07, 6.45) is 9.28. The summed E-state index contributed by atoms with van der Waals surface area (Å²) >= 11 is 0.111. The van der Waals surface area contributed by atoms with Crippen molar-refractivity contribution in [3.63, 3.8) is 0 Å². The average molecular weight is 217 g/mol. The van der Waals surface area contributed by atoms with E-state index >= 15 is 0 Å². The minimum atomic E-state index is 0.111. The lowest BCUT2D eigenvalue weighted by Crippen LogP contribution is -2.30. The second-order valence-electron chi connectivity index (χ2n) is 5.36. The van der Waals surface area contributed by atoms with Crippen molar-refractivity contribution in [1.82, 2.24) is 0 Å². The maximum Gasteiger partial charge on any atom is 0.152 e. The van der Waals surface area contributed by atoms with Crippen LogP contribution in [0, 0.1) is 5.92 Å². The standard InChI is InChI=1S/C12H25OS/c1-12(2,3)14(4)13-10-11-8-6-5-7-9-11/h11H,5-10H2,1-4H3/q+1. The van der Waals surface area contributed by atoms with Gasteiger partial charge in [0.15, 0.2) is 4.75 Å². The van der Waals surface area contributed by atoms with Crippen LogP contribution in [0.3, 0.4) is 0 Å². The van der Waals surface area contributed by atoms with E-state index in [0.29, 0.717) is 4.75 Å². The van der Waals surface area contributed by atoms with Gasteiger partial charge in [0.1, 0.15) is 24.0 Å². The molecule has 1 fully saturated rings. The van der Waals surface area contributed by atoms with Crippen LogP contribution in [0.15, 0.2) is 0 Å². The van der Waals surface area contributed by atoms with E-state index in [4.69, 9.17) is 4.18 Å². The summed E-state index contributed by atoms with van der Waals surface area (Å²) in [5.74, 6) is 0.848. The summed E-state index contributed by atoms with van der Waals surface area (Å²) in [4.78, 5) is 0. The summed E-state index contributed by atoms with van der Waals surface area (Å²) in [6, 6.07) is 0. The van der Waals surface area contributed by atoms with Gasteiger partial charge in [0.05, 0.1) is 0 Å². The fourth-order valence-corrected chi connectivity index (χ4v) is 2.48. The predicted molar refractivity (Wildman–Crippen MR) is 65.6 cm³/mol. The van der Waals surface area contributed by atoms with Crippen molar-refractivity contribution in [1.29, 1.82) is 0 Å². The molecule has 0 radical (unpaired) electrons. The third-order valence-corrected chi connectivity index (χ3v) is 5.28. The highest BCUT2D eigenvalue weighted by molar-refractivity contribution is 7.93. The molecule has 2 heteroatoms. The smallest absolute Gasteiger partial charge is 0.152 e. The molecular weight excluding hydrogens is 192 g/mol. The van der Waals surface area contributed by atoms with Crippen LogP contribution in [0.25, 0.3) is 0 Å². The third-order valence-electron chi connectivity index (χ3n) is 3.07. The highest BCUT2D eigenvalue weighted by Crippen LogP contribution is 2.26. The fourth-order valence-electron chi connectivity index (χ4n) is 1.73. The molecule has 1 rings (SSSR count). The van der Waals surface area contributed by atoms with Crippen molar-refractivity contribution in [2.75, 3.05) is 12.9 Å². The Labute approximate surface area is 92.2 Å². The van der Waals surface area contributed by atoms with E-state index in [2.05, 4.69) is 27.0 Å². The van der Waals surface area contributed by atoms with Gasteiger partial charge in [-0.05, 0) is 39.5 Å². The second kappa shape index (κ2) is 5.41. The Balaban J connectivity index is 2.19. The molecule has 1 aliphatic carbocycles. The Hall–Kier alpha value is 0.310. The van der Waals surface area contributed by atoms with Gasteiger partial charge in [0.25, 0.3) is 0 Å². The van der Waals surface area contributed by atoms with Gasteiger partial charge in [-0.2, -0.15) is 4.18 Å². The minimum Gasteiger partial charge on any atom is -0.173 e.